The Bertz CT molecular complexity index is 640. The van der Waals surface area contributed by atoms with Gasteiger partial charge in [-0.3, -0.25) is 14.8 Å². The molecule has 2 heterocycles. The molecule has 0 saturated carbocycles. The van der Waals surface area contributed by atoms with Crippen molar-refractivity contribution in [1.82, 2.24) is 15.7 Å². The predicted molar refractivity (Wildman–Crippen MR) is 94.2 cm³/mol. The van der Waals surface area contributed by atoms with Gasteiger partial charge >= 0.3 is 0 Å². The van der Waals surface area contributed by atoms with E-state index in [2.05, 4.69) is 5.32 Å². The van der Waals surface area contributed by atoms with Gasteiger partial charge in [0, 0.05) is 6.54 Å². The summed E-state index contributed by atoms with van der Waals surface area (Å²) in [5, 5.41) is 12.5. The lowest BCUT2D eigenvalue weighted by molar-refractivity contribution is -0.146. The van der Waals surface area contributed by atoms with Crippen LogP contribution in [0.3, 0.4) is 0 Å². The summed E-state index contributed by atoms with van der Waals surface area (Å²) in [6.07, 6.45) is 2.32. The van der Waals surface area contributed by atoms with Crippen LogP contribution in [0.15, 0.2) is 24.3 Å². The number of likely N-dealkylation sites (tertiary alicyclic amines) is 1. The first kappa shape index (κ1) is 17.9. The minimum Gasteiger partial charge on any atom is -0.329 e. The molecule has 0 spiro atoms. The van der Waals surface area contributed by atoms with E-state index in [1.807, 2.05) is 38.1 Å². The Morgan fingerprint density at radius 1 is 1.32 bits per heavy atom. The van der Waals surface area contributed by atoms with E-state index >= 15 is 0 Å². The average Bonchev–Trinajstić information content (AvgIpc) is 2.93. The number of rotatable bonds is 4. The Kier molecular flexibility index (Phi) is 5.11. The van der Waals surface area contributed by atoms with Crippen molar-refractivity contribution in [2.24, 2.45) is 5.92 Å². The summed E-state index contributed by atoms with van der Waals surface area (Å²) in [6, 6.07) is 7.43. The monoisotopic (exact) mass is 345 g/mol. The van der Waals surface area contributed by atoms with Gasteiger partial charge < -0.3 is 10.2 Å². The summed E-state index contributed by atoms with van der Waals surface area (Å²) < 4.78 is 0. The molecule has 0 radical (unpaired) electrons. The Hall–Kier alpha value is -1.92. The standard InChI is InChI=1S/C19H27N3O3/c1-13-3-5-15(6-4-13)19(2)9-12-22(18(19)24)16(17(23)21-25)14-7-10-20-11-8-14/h3-6,14,16,20,25H,7-12H2,1-2H3,(H,21,23). The number of hydrogen-bond donors (Lipinski definition) is 3. The van der Waals surface area contributed by atoms with Crippen LogP contribution in [0, 0.1) is 12.8 Å². The molecule has 136 valence electrons. The van der Waals surface area contributed by atoms with Gasteiger partial charge in [-0.05, 0) is 57.7 Å². The van der Waals surface area contributed by atoms with Crippen molar-refractivity contribution in [2.45, 2.75) is 44.6 Å². The first-order valence-corrected chi connectivity index (χ1v) is 9.00. The molecule has 0 aliphatic carbocycles. The van der Waals surface area contributed by atoms with Gasteiger partial charge in [0.2, 0.25) is 5.91 Å². The van der Waals surface area contributed by atoms with E-state index < -0.39 is 17.4 Å². The largest absolute Gasteiger partial charge is 0.329 e. The Balaban J connectivity index is 1.87. The molecular formula is C19H27N3O3. The van der Waals surface area contributed by atoms with Crippen molar-refractivity contribution in [2.75, 3.05) is 19.6 Å². The number of aryl methyl sites for hydroxylation is 1. The molecule has 2 aliphatic heterocycles. The molecule has 3 N–H and O–H groups in total. The third-order valence-corrected chi connectivity index (χ3v) is 5.82. The molecule has 0 bridgehead atoms. The summed E-state index contributed by atoms with van der Waals surface area (Å²) >= 11 is 0. The maximum Gasteiger partial charge on any atom is 0.266 e. The lowest BCUT2D eigenvalue weighted by Gasteiger charge is -2.36. The van der Waals surface area contributed by atoms with Gasteiger partial charge in [0.15, 0.2) is 0 Å². The van der Waals surface area contributed by atoms with Gasteiger partial charge in [-0.15, -0.1) is 0 Å². The second-order valence-corrected chi connectivity index (χ2v) is 7.46. The molecule has 2 saturated heterocycles. The lowest BCUT2D eigenvalue weighted by atomic mass is 9.80. The highest BCUT2D eigenvalue weighted by molar-refractivity contribution is 5.94. The number of nitrogens with zero attached hydrogens (tertiary/aromatic N) is 1. The van der Waals surface area contributed by atoms with Crippen LogP contribution in [0.4, 0.5) is 0 Å². The normalized spacial score (nSPS) is 25.9. The van der Waals surface area contributed by atoms with E-state index in [-0.39, 0.29) is 11.8 Å². The van der Waals surface area contributed by atoms with Crippen LogP contribution < -0.4 is 10.8 Å². The first-order chi connectivity index (χ1) is 12.0. The highest BCUT2D eigenvalue weighted by atomic mass is 16.5. The molecule has 6 heteroatoms. The van der Waals surface area contributed by atoms with Crippen molar-refractivity contribution in [1.29, 1.82) is 0 Å². The minimum absolute atomic E-state index is 0.0246. The van der Waals surface area contributed by atoms with Crippen molar-refractivity contribution < 1.29 is 14.8 Å². The van der Waals surface area contributed by atoms with Gasteiger partial charge in [0.25, 0.3) is 5.91 Å². The molecule has 2 unspecified atom stereocenters. The van der Waals surface area contributed by atoms with Crippen LogP contribution in [0.5, 0.6) is 0 Å². The van der Waals surface area contributed by atoms with E-state index in [1.54, 1.807) is 10.4 Å². The predicted octanol–water partition coefficient (Wildman–Crippen LogP) is 1.36. The third kappa shape index (κ3) is 3.28. The van der Waals surface area contributed by atoms with Crippen LogP contribution >= 0.6 is 0 Å². The first-order valence-electron chi connectivity index (χ1n) is 9.00. The maximum atomic E-state index is 13.3. The number of benzene rings is 1. The van der Waals surface area contributed by atoms with Gasteiger partial charge in [0.05, 0.1) is 5.41 Å². The zero-order valence-corrected chi connectivity index (χ0v) is 14.9. The van der Waals surface area contributed by atoms with Crippen molar-refractivity contribution in [3.8, 4) is 0 Å². The van der Waals surface area contributed by atoms with Crippen LogP contribution in [0.1, 0.15) is 37.3 Å². The Morgan fingerprint density at radius 3 is 2.56 bits per heavy atom. The lowest BCUT2D eigenvalue weighted by Crippen LogP contribution is -2.54. The SMILES string of the molecule is Cc1ccc(C2(C)CCN(C(C(=O)NO)C3CCNCC3)C2=O)cc1. The number of nitrogens with one attached hydrogen (secondary N) is 2. The molecule has 6 nitrogen and oxygen atoms in total. The number of carbonyl (C=O) groups is 2. The fourth-order valence-corrected chi connectivity index (χ4v) is 4.16. The topological polar surface area (TPSA) is 81.7 Å². The molecule has 25 heavy (non-hydrogen) atoms. The summed E-state index contributed by atoms with van der Waals surface area (Å²) in [5.41, 5.74) is 3.30. The molecule has 3 rings (SSSR count). The van der Waals surface area contributed by atoms with E-state index in [1.165, 1.54) is 0 Å². The van der Waals surface area contributed by atoms with Crippen LogP contribution in [-0.4, -0.2) is 47.6 Å². The molecule has 1 aromatic rings. The number of amides is 2. The molecular weight excluding hydrogens is 318 g/mol. The van der Waals surface area contributed by atoms with Gasteiger partial charge in [0.1, 0.15) is 6.04 Å². The second-order valence-electron chi connectivity index (χ2n) is 7.46. The molecule has 2 fully saturated rings. The van der Waals surface area contributed by atoms with Gasteiger partial charge in [-0.1, -0.05) is 29.8 Å². The van der Waals surface area contributed by atoms with E-state index in [0.717, 1.165) is 37.1 Å². The molecule has 1 aromatic carbocycles. The van der Waals surface area contributed by atoms with E-state index in [4.69, 9.17) is 0 Å². The molecule has 2 atom stereocenters. The third-order valence-electron chi connectivity index (χ3n) is 5.82. The summed E-state index contributed by atoms with van der Waals surface area (Å²) in [5.74, 6) is -0.436. The molecule has 0 aromatic heterocycles. The fourth-order valence-electron chi connectivity index (χ4n) is 4.16. The van der Waals surface area contributed by atoms with Gasteiger partial charge in [-0.2, -0.15) is 0 Å². The van der Waals surface area contributed by atoms with Crippen molar-refractivity contribution in [3.63, 3.8) is 0 Å². The highest BCUT2D eigenvalue weighted by Crippen LogP contribution is 2.38. The zero-order valence-electron chi connectivity index (χ0n) is 14.9. The summed E-state index contributed by atoms with van der Waals surface area (Å²) in [4.78, 5) is 27.3. The molecule has 2 amide bonds. The molecule has 2 aliphatic rings. The zero-order chi connectivity index (χ0) is 18.0. The van der Waals surface area contributed by atoms with Crippen molar-refractivity contribution >= 4 is 11.8 Å². The van der Waals surface area contributed by atoms with Gasteiger partial charge in [-0.25, -0.2) is 5.48 Å². The second kappa shape index (κ2) is 7.14. The summed E-state index contributed by atoms with van der Waals surface area (Å²) in [6.45, 7) is 6.17. The quantitative estimate of drug-likeness (QED) is 0.568. The Labute approximate surface area is 148 Å². The maximum absolute atomic E-state index is 13.3. The van der Waals surface area contributed by atoms with E-state index in [0.29, 0.717) is 13.0 Å². The van der Waals surface area contributed by atoms with E-state index in [9.17, 15) is 14.8 Å². The number of hydroxylamine groups is 1. The Morgan fingerprint density at radius 2 is 1.96 bits per heavy atom. The average molecular weight is 345 g/mol. The summed E-state index contributed by atoms with van der Waals surface area (Å²) in [7, 11) is 0. The number of piperidine rings is 1. The van der Waals surface area contributed by atoms with Crippen LogP contribution in [0.25, 0.3) is 0 Å². The number of hydrogen-bond acceptors (Lipinski definition) is 4. The number of carbonyl (C=O) groups excluding carboxylic acids is 2. The smallest absolute Gasteiger partial charge is 0.266 e. The van der Waals surface area contributed by atoms with Crippen molar-refractivity contribution in [3.05, 3.63) is 35.4 Å². The highest BCUT2D eigenvalue weighted by Gasteiger charge is 2.49. The minimum atomic E-state index is -0.616. The van der Waals surface area contributed by atoms with Crippen LogP contribution in [0.2, 0.25) is 0 Å². The fraction of sp³-hybridized carbons (Fsp3) is 0.579. The van der Waals surface area contributed by atoms with Crippen LogP contribution in [-0.2, 0) is 15.0 Å².